The van der Waals surface area contributed by atoms with Crippen molar-refractivity contribution in [2.24, 2.45) is 0 Å². The lowest BCUT2D eigenvalue weighted by Gasteiger charge is -2.03. The minimum Gasteiger partial charge on any atom is -0.347 e. The van der Waals surface area contributed by atoms with E-state index in [1.807, 2.05) is 18.2 Å². The van der Waals surface area contributed by atoms with Gasteiger partial charge in [0, 0.05) is 12.1 Å². The zero-order valence-corrected chi connectivity index (χ0v) is 12.8. The first-order valence-electron chi connectivity index (χ1n) is 6.96. The molecule has 0 saturated carbocycles. The Morgan fingerprint density at radius 1 is 1.17 bits per heavy atom. The summed E-state index contributed by atoms with van der Waals surface area (Å²) >= 11 is 6.12. The Labute approximate surface area is 137 Å². The first-order valence-corrected chi connectivity index (χ1v) is 7.34. The van der Waals surface area contributed by atoms with Gasteiger partial charge in [0.1, 0.15) is 11.5 Å². The molecule has 1 heterocycles. The van der Waals surface area contributed by atoms with Crippen molar-refractivity contribution in [3.05, 3.63) is 76.7 Å². The third kappa shape index (κ3) is 3.57. The summed E-state index contributed by atoms with van der Waals surface area (Å²) in [6.07, 6.45) is 0. The second kappa shape index (κ2) is 6.62. The van der Waals surface area contributed by atoms with Gasteiger partial charge in [0.15, 0.2) is 0 Å². The minimum absolute atomic E-state index is 0.292. The number of rotatable bonds is 4. The summed E-state index contributed by atoms with van der Waals surface area (Å²) in [6.45, 7) is 0.305. The number of amides is 1. The van der Waals surface area contributed by atoms with Gasteiger partial charge in [-0.3, -0.25) is 9.89 Å². The Balaban J connectivity index is 1.69. The fourth-order valence-electron chi connectivity index (χ4n) is 2.12. The Morgan fingerprint density at radius 2 is 1.91 bits per heavy atom. The van der Waals surface area contributed by atoms with Gasteiger partial charge in [-0.1, -0.05) is 41.9 Å². The van der Waals surface area contributed by atoms with Crippen molar-refractivity contribution in [2.75, 3.05) is 0 Å². The lowest BCUT2D eigenvalue weighted by Crippen LogP contribution is -2.23. The molecule has 4 nitrogen and oxygen atoms in total. The summed E-state index contributed by atoms with van der Waals surface area (Å²) in [5.41, 5.74) is 2.50. The van der Waals surface area contributed by atoms with E-state index in [-0.39, 0.29) is 11.7 Å². The maximum atomic E-state index is 12.8. The molecule has 0 fully saturated rings. The number of hydrogen-bond donors (Lipinski definition) is 2. The minimum atomic E-state index is -0.307. The Kier molecular flexibility index (Phi) is 4.39. The highest BCUT2D eigenvalue weighted by molar-refractivity contribution is 6.33. The van der Waals surface area contributed by atoms with Crippen LogP contribution in [-0.2, 0) is 6.54 Å². The van der Waals surface area contributed by atoms with E-state index in [1.54, 1.807) is 24.3 Å². The number of benzene rings is 2. The molecule has 0 spiro atoms. The topological polar surface area (TPSA) is 57.8 Å². The van der Waals surface area contributed by atoms with Crippen LogP contribution in [0.4, 0.5) is 4.39 Å². The maximum absolute atomic E-state index is 12.8. The van der Waals surface area contributed by atoms with E-state index in [1.165, 1.54) is 12.1 Å². The third-order valence-electron chi connectivity index (χ3n) is 3.34. The molecule has 0 radical (unpaired) electrons. The molecule has 3 rings (SSSR count). The molecule has 6 heteroatoms. The molecule has 0 aliphatic heterocycles. The maximum Gasteiger partial charge on any atom is 0.269 e. The molecule has 23 heavy (non-hydrogen) atoms. The lowest BCUT2D eigenvalue weighted by atomic mass is 10.1. The zero-order chi connectivity index (χ0) is 16.2. The highest BCUT2D eigenvalue weighted by atomic mass is 35.5. The number of H-pyrrole nitrogens is 1. The average molecular weight is 330 g/mol. The van der Waals surface area contributed by atoms with Gasteiger partial charge in [-0.05, 0) is 29.8 Å². The van der Waals surface area contributed by atoms with Gasteiger partial charge in [-0.2, -0.15) is 5.10 Å². The van der Waals surface area contributed by atoms with Gasteiger partial charge < -0.3 is 5.32 Å². The summed E-state index contributed by atoms with van der Waals surface area (Å²) < 4.78 is 12.8. The Bertz CT molecular complexity index is 830. The monoisotopic (exact) mass is 329 g/mol. The molecule has 2 N–H and O–H groups in total. The van der Waals surface area contributed by atoms with Crippen molar-refractivity contribution >= 4 is 17.5 Å². The van der Waals surface area contributed by atoms with Gasteiger partial charge in [-0.15, -0.1) is 0 Å². The van der Waals surface area contributed by atoms with Crippen LogP contribution >= 0.6 is 11.6 Å². The van der Waals surface area contributed by atoms with Crippen molar-refractivity contribution in [2.45, 2.75) is 6.54 Å². The molecular weight excluding hydrogens is 317 g/mol. The number of carbonyl (C=O) groups is 1. The highest BCUT2D eigenvalue weighted by Gasteiger charge is 2.12. The smallest absolute Gasteiger partial charge is 0.269 e. The SMILES string of the molecule is O=C(NCc1ccc(F)cc1)c1cc(-c2ccccc2Cl)n[nH]1. The number of aromatic nitrogens is 2. The molecule has 1 aromatic heterocycles. The van der Waals surface area contributed by atoms with Crippen LogP contribution in [0.15, 0.2) is 54.6 Å². The fraction of sp³-hybridized carbons (Fsp3) is 0.0588. The zero-order valence-electron chi connectivity index (χ0n) is 12.0. The average Bonchev–Trinajstić information content (AvgIpc) is 3.04. The van der Waals surface area contributed by atoms with Crippen molar-refractivity contribution in [3.63, 3.8) is 0 Å². The predicted molar refractivity (Wildman–Crippen MR) is 86.6 cm³/mol. The summed E-state index contributed by atoms with van der Waals surface area (Å²) in [5, 5.41) is 10.1. The van der Waals surface area contributed by atoms with Crippen molar-refractivity contribution in [1.29, 1.82) is 0 Å². The number of halogens is 2. The van der Waals surface area contributed by atoms with Gasteiger partial charge in [0.25, 0.3) is 5.91 Å². The molecule has 0 saturated heterocycles. The van der Waals surface area contributed by atoms with Crippen LogP contribution in [0.1, 0.15) is 16.1 Å². The molecule has 116 valence electrons. The molecule has 0 unspecified atom stereocenters. The van der Waals surface area contributed by atoms with Gasteiger partial charge in [-0.25, -0.2) is 4.39 Å². The fourth-order valence-corrected chi connectivity index (χ4v) is 2.36. The van der Waals surface area contributed by atoms with Crippen LogP contribution in [0, 0.1) is 5.82 Å². The second-order valence-electron chi connectivity index (χ2n) is 4.96. The highest BCUT2D eigenvalue weighted by Crippen LogP contribution is 2.26. The largest absolute Gasteiger partial charge is 0.347 e. The predicted octanol–water partition coefficient (Wildman–Crippen LogP) is 3.80. The normalized spacial score (nSPS) is 10.5. The number of aromatic amines is 1. The van der Waals surface area contributed by atoms with Gasteiger partial charge in [0.05, 0.1) is 10.7 Å². The van der Waals surface area contributed by atoms with Crippen molar-refractivity contribution < 1.29 is 9.18 Å². The van der Waals surface area contributed by atoms with E-state index >= 15 is 0 Å². The lowest BCUT2D eigenvalue weighted by molar-refractivity contribution is 0.0946. The third-order valence-corrected chi connectivity index (χ3v) is 3.67. The second-order valence-corrected chi connectivity index (χ2v) is 5.36. The Hall–Kier alpha value is -2.66. The quantitative estimate of drug-likeness (QED) is 0.765. The van der Waals surface area contributed by atoms with Crippen LogP contribution in [-0.4, -0.2) is 16.1 Å². The molecule has 1 amide bonds. The molecule has 0 aliphatic carbocycles. The van der Waals surface area contributed by atoms with Gasteiger partial charge >= 0.3 is 0 Å². The molecular formula is C17H13ClFN3O. The van der Waals surface area contributed by atoms with E-state index in [9.17, 15) is 9.18 Å². The molecule has 0 atom stereocenters. The summed E-state index contributed by atoms with van der Waals surface area (Å²) in [5.74, 6) is -0.599. The summed E-state index contributed by atoms with van der Waals surface area (Å²) in [4.78, 5) is 12.1. The van der Waals surface area contributed by atoms with Crippen molar-refractivity contribution in [3.8, 4) is 11.3 Å². The van der Waals surface area contributed by atoms with E-state index in [2.05, 4.69) is 15.5 Å². The van der Waals surface area contributed by atoms with Crippen LogP contribution in [0.5, 0.6) is 0 Å². The van der Waals surface area contributed by atoms with E-state index in [0.717, 1.165) is 11.1 Å². The molecule has 3 aromatic rings. The first kappa shape index (κ1) is 15.2. The van der Waals surface area contributed by atoms with E-state index in [4.69, 9.17) is 11.6 Å². The molecule has 0 bridgehead atoms. The summed E-state index contributed by atoms with van der Waals surface area (Å²) in [7, 11) is 0. The van der Waals surface area contributed by atoms with Crippen LogP contribution in [0.2, 0.25) is 5.02 Å². The van der Waals surface area contributed by atoms with E-state index in [0.29, 0.717) is 23.0 Å². The van der Waals surface area contributed by atoms with Crippen LogP contribution in [0.3, 0.4) is 0 Å². The van der Waals surface area contributed by atoms with Crippen LogP contribution < -0.4 is 5.32 Å². The number of hydrogen-bond acceptors (Lipinski definition) is 2. The molecule has 0 aliphatic rings. The first-order chi connectivity index (χ1) is 11.1. The number of carbonyl (C=O) groups excluding carboxylic acids is 1. The standard InChI is InChI=1S/C17H13ClFN3O/c18-14-4-2-1-3-13(14)15-9-16(22-21-15)17(23)20-10-11-5-7-12(19)8-6-11/h1-9H,10H2,(H,20,23)(H,21,22). The van der Waals surface area contributed by atoms with Crippen molar-refractivity contribution in [1.82, 2.24) is 15.5 Å². The number of nitrogens with one attached hydrogen (secondary N) is 2. The number of nitrogens with zero attached hydrogens (tertiary/aromatic N) is 1. The summed E-state index contributed by atoms with van der Waals surface area (Å²) in [6, 6.07) is 14.9. The van der Waals surface area contributed by atoms with Crippen LogP contribution in [0.25, 0.3) is 11.3 Å². The van der Waals surface area contributed by atoms with Gasteiger partial charge in [0.2, 0.25) is 0 Å². The molecule has 2 aromatic carbocycles. The van der Waals surface area contributed by atoms with E-state index < -0.39 is 0 Å². The Morgan fingerprint density at radius 3 is 2.65 bits per heavy atom.